The first-order valence-corrected chi connectivity index (χ1v) is 8.27. The molecule has 11 heteroatoms. The molecule has 1 amide bonds. The lowest BCUT2D eigenvalue weighted by atomic mass is 10.1. The number of nitro benzene ring substituents is 1. The van der Waals surface area contributed by atoms with Gasteiger partial charge in [-0.3, -0.25) is 14.9 Å². The summed E-state index contributed by atoms with van der Waals surface area (Å²) in [6, 6.07) is 2.54. The van der Waals surface area contributed by atoms with Crippen molar-refractivity contribution >= 4 is 29.7 Å². The molecule has 2 rings (SSSR count). The van der Waals surface area contributed by atoms with E-state index in [0.29, 0.717) is 38.7 Å². The third kappa shape index (κ3) is 5.96. The number of piperazine rings is 1. The number of nitro groups is 1. The van der Waals surface area contributed by atoms with Gasteiger partial charge in [0.2, 0.25) is 5.91 Å². The summed E-state index contributed by atoms with van der Waals surface area (Å²) >= 11 is 0. The summed E-state index contributed by atoms with van der Waals surface area (Å²) in [5.41, 5.74) is -1.48. The summed E-state index contributed by atoms with van der Waals surface area (Å²) < 4.78 is 38.4. The molecule has 0 spiro atoms. The number of benzene rings is 1. The molecule has 1 heterocycles. The lowest BCUT2D eigenvalue weighted by Crippen LogP contribution is -2.49. The van der Waals surface area contributed by atoms with Gasteiger partial charge in [0.25, 0.3) is 5.69 Å². The number of hydrogen-bond acceptors (Lipinski definition) is 5. The summed E-state index contributed by atoms with van der Waals surface area (Å²) in [7, 11) is 1.81. The highest BCUT2D eigenvalue weighted by atomic mass is 35.5. The third-order valence-electron chi connectivity index (χ3n) is 4.29. The van der Waals surface area contributed by atoms with Gasteiger partial charge in [-0.05, 0) is 32.1 Å². The van der Waals surface area contributed by atoms with Crippen molar-refractivity contribution in [3.63, 3.8) is 0 Å². The second-order valence-corrected chi connectivity index (χ2v) is 6.03. The molecule has 0 bridgehead atoms. The Labute approximate surface area is 161 Å². The van der Waals surface area contributed by atoms with Gasteiger partial charge in [-0.2, -0.15) is 13.2 Å². The minimum Gasteiger partial charge on any atom is -0.362 e. The van der Waals surface area contributed by atoms with Crippen LogP contribution in [0.2, 0.25) is 0 Å². The van der Waals surface area contributed by atoms with Crippen LogP contribution >= 0.6 is 12.4 Å². The molecule has 0 aliphatic carbocycles. The van der Waals surface area contributed by atoms with E-state index in [9.17, 15) is 28.1 Å². The van der Waals surface area contributed by atoms with Crippen molar-refractivity contribution in [3.8, 4) is 0 Å². The lowest BCUT2D eigenvalue weighted by molar-refractivity contribution is -0.384. The fourth-order valence-corrected chi connectivity index (χ4v) is 2.88. The highest BCUT2D eigenvalue weighted by molar-refractivity contribution is 5.85. The van der Waals surface area contributed by atoms with Gasteiger partial charge in [-0.15, -0.1) is 12.4 Å². The zero-order valence-corrected chi connectivity index (χ0v) is 15.6. The highest BCUT2D eigenvalue weighted by Gasteiger charge is 2.34. The van der Waals surface area contributed by atoms with Crippen molar-refractivity contribution in [2.75, 3.05) is 44.7 Å². The molecule has 1 N–H and O–H groups in total. The van der Waals surface area contributed by atoms with Crippen LogP contribution in [-0.2, 0) is 11.0 Å². The Kier molecular flexibility index (Phi) is 8.29. The molecular weight excluding hydrogens is 389 g/mol. The molecule has 1 fully saturated rings. The van der Waals surface area contributed by atoms with E-state index in [-0.39, 0.29) is 24.0 Å². The molecule has 7 nitrogen and oxygen atoms in total. The summed E-state index contributed by atoms with van der Waals surface area (Å²) in [6.45, 7) is 2.19. The Morgan fingerprint density at radius 2 is 1.89 bits per heavy atom. The van der Waals surface area contributed by atoms with Gasteiger partial charge in [-0.1, -0.05) is 0 Å². The number of anilines is 1. The van der Waals surface area contributed by atoms with E-state index in [2.05, 4.69) is 5.32 Å². The van der Waals surface area contributed by atoms with Gasteiger partial charge in [0.15, 0.2) is 0 Å². The highest BCUT2D eigenvalue weighted by Crippen LogP contribution is 2.36. The Hall–Kier alpha value is -2.07. The topological polar surface area (TPSA) is 78.7 Å². The van der Waals surface area contributed by atoms with Crippen LogP contribution in [-0.4, -0.2) is 55.5 Å². The minimum absolute atomic E-state index is 0. The summed E-state index contributed by atoms with van der Waals surface area (Å²) in [4.78, 5) is 25.8. The fraction of sp³-hybridized carbons (Fsp3) is 0.562. The molecular formula is C16H22ClF3N4O3. The number of halogens is 4. The first kappa shape index (κ1) is 23.0. The molecule has 152 valence electrons. The summed E-state index contributed by atoms with van der Waals surface area (Å²) in [5.74, 6) is 0.0156. The standard InChI is InChI=1S/C16H21F3N4O3.ClH/c1-20-6-2-3-15(24)22-9-7-21(8-10-22)13-5-4-12(16(17,18)19)11-14(13)23(25)26;/h4-5,11,20H,2-3,6-10H2,1H3;1H. The maximum Gasteiger partial charge on any atom is 0.416 e. The number of rotatable bonds is 6. The Balaban J connectivity index is 0.00000364. The van der Waals surface area contributed by atoms with Crippen LogP contribution in [0.3, 0.4) is 0 Å². The summed E-state index contributed by atoms with van der Waals surface area (Å²) in [6.07, 6.45) is -3.50. The first-order valence-electron chi connectivity index (χ1n) is 8.27. The SMILES string of the molecule is CNCCCC(=O)N1CCN(c2ccc(C(F)(F)F)cc2[N+](=O)[O-])CC1.Cl. The van der Waals surface area contributed by atoms with E-state index in [1.807, 2.05) is 0 Å². The maximum absolute atomic E-state index is 12.8. The maximum atomic E-state index is 12.8. The Bertz CT molecular complexity index is 665. The average Bonchev–Trinajstić information content (AvgIpc) is 2.60. The largest absolute Gasteiger partial charge is 0.416 e. The average molecular weight is 411 g/mol. The second-order valence-electron chi connectivity index (χ2n) is 6.03. The normalized spacial score (nSPS) is 14.7. The lowest BCUT2D eigenvalue weighted by Gasteiger charge is -2.36. The van der Waals surface area contributed by atoms with Crippen LogP contribution in [0, 0.1) is 10.1 Å². The predicted octanol–water partition coefficient (Wildman–Crippen LogP) is 2.68. The first-order chi connectivity index (χ1) is 12.2. The number of alkyl halides is 3. The number of carbonyl (C=O) groups is 1. The second kappa shape index (κ2) is 9.75. The van der Waals surface area contributed by atoms with Crippen LogP contribution < -0.4 is 10.2 Å². The van der Waals surface area contributed by atoms with Crippen molar-refractivity contribution in [1.29, 1.82) is 0 Å². The van der Waals surface area contributed by atoms with Crippen molar-refractivity contribution in [1.82, 2.24) is 10.2 Å². The molecule has 0 radical (unpaired) electrons. The van der Waals surface area contributed by atoms with Crippen LogP contribution in [0.1, 0.15) is 18.4 Å². The quantitative estimate of drug-likeness (QED) is 0.443. The molecule has 1 aromatic carbocycles. The van der Waals surface area contributed by atoms with Gasteiger partial charge in [-0.25, -0.2) is 0 Å². The third-order valence-corrected chi connectivity index (χ3v) is 4.29. The molecule has 1 aliphatic rings. The van der Waals surface area contributed by atoms with Crippen molar-refractivity contribution in [3.05, 3.63) is 33.9 Å². The molecule has 0 saturated carbocycles. The minimum atomic E-state index is -4.64. The number of carbonyl (C=O) groups excluding carboxylic acids is 1. The van der Waals surface area contributed by atoms with Crippen LogP contribution in [0.15, 0.2) is 18.2 Å². The van der Waals surface area contributed by atoms with Crippen LogP contribution in [0.25, 0.3) is 0 Å². The van der Waals surface area contributed by atoms with Crippen molar-refractivity contribution in [2.45, 2.75) is 19.0 Å². The van der Waals surface area contributed by atoms with Crippen molar-refractivity contribution in [2.24, 2.45) is 0 Å². The number of hydrogen-bond donors (Lipinski definition) is 1. The molecule has 0 atom stereocenters. The Morgan fingerprint density at radius 3 is 2.41 bits per heavy atom. The molecule has 1 saturated heterocycles. The van der Waals surface area contributed by atoms with Crippen molar-refractivity contribution < 1.29 is 22.9 Å². The monoisotopic (exact) mass is 410 g/mol. The molecule has 27 heavy (non-hydrogen) atoms. The molecule has 0 unspecified atom stereocenters. The zero-order valence-electron chi connectivity index (χ0n) is 14.8. The van der Waals surface area contributed by atoms with Crippen LogP contribution in [0.5, 0.6) is 0 Å². The Morgan fingerprint density at radius 1 is 1.26 bits per heavy atom. The van der Waals surface area contributed by atoms with Gasteiger partial charge in [0.1, 0.15) is 5.69 Å². The predicted molar refractivity (Wildman–Crippen MR) is 97.3 cm³/mol. The number of nitrogens with one attached hydrogen (secondary N) is 1. The summed E-state index contributed by atoms with van der Waals surface area (Å²) in [5, 5.41) is 14.2. The fourth-order valence-electron chi connectivity index (χ4n) is 2.88. The van der Waals surface area contributed by atoms with E-state index in [4.69, 9.17) is 0 Å². The number of nitrogens with zero attached hydrogens (tertiary/aromatic N) is 3. The smallest absolute Gasteiger partial charge is 0.362 e. The van der Waals surface area contributed by atoms with E-state index in [0.717, 1.165) is 25.1 Å². The van der Waals surface area contributed by atoms with E-state index >= 15 is 0 Å². The van der Waals surface area contributed by atoms with E-state index in [1.54, 1.807) is 16.8 Å². The van der Waals surface area contributed by atoms with Gasteiger partial charge >= 0.3 is 6.18 Å². The van der Waals surface area contributed by atoms with Crippen LogP contribution in [0.4, 0.5) is 24.5 Å². The molecule has 0 aromatic heterocycles. The number of amides is 1. The molecule has 1 aromatic rings. The zero-order chi connectivity index (χ0) is 19.3. The van der Waals surface area contributed by atoms with E-state index < -0.39 is 22.4 Å². The molecule has 1 aliphatic heterocycles. The van der Waals surface area contributed by atoms with Gasteiger partial charge in [0, 0.05) is 38.7 Å². The van der Waals surface area contributed by atoms with E-state index in [1.165, 1.54) is 0 Å². The van der Waals surface area contributed by atoms with Gasteiger partial charge < -0.3 is 15.1 Å². The van der Waals surface area contributed by atoms with Gasteiger partial charge in [0.05, 0.1) is 10.5 Å².